The molecule has 0 spiro atoms. The summed E-state index contributed by atoms with van der Waals surface area (Å²) < 4.78 is 5.12. The van der Waals surface area contributed by atoms with Gasteiger partial charge in [0.05, 0.1) is 6.21 Å². The molecule has 2 aromatic heterocycles. The second-order valence-corrected chi connectivity index (χ2v) is 6.39. The molecule has 0 aliphatic carbocycles. The van der Waals surface area contributed by atoms with Gasteiger partial charge in [-0.15, -0.1) is 0 Å². The van der Waals surface area contributed by atoms with Crippen molar-refractivity contribution in [2.45, 2.75) is 13.5 Å². The van der Waals surface area contributed by atoms with E-state index in [1.54, 1.807) is 17.8 Å². The van der Waals surface area contributed by atoms with Crippen LogP contribution in [0.2, 0.25) is 0 Å². The molecule has 0 saturated heterocycles. The highest BCUT2D eigenvalue weighted by atomic mass is 79.9. The van der Waals surface area contributed by atoms with Gasteiger partial charge in [0.15, 0.2) is 11.2 Å². The van der Waals surface area contributed by atoms with E-state index in [0.29, 0.717) is 23.7 Å². The van der Waals surface area contributed by atoms with Crippen molar-refractivity contribution in [1.29, 1.82) is 0 Å². The van der Waals surface area contributed by atoms with Crippen LogP contribution in [-0.4, -0.2) is 24.9 Å². The third-order valence-electron chi connectivity index (χ3n) is 3.91. The number of aromatic nitrogens is 4. The van der Waals surface area contributed by atoms with Crippen molar-refractivity contribution in [2.75, 3.05) is 5.43 Å². The van der Waals surface area contributed by atoms with Gasteiger partial charge in [-0.25, -0.2) is 10.2 Å². The minimum atomic E-state index is -0.414. The van der Waals surface area contributed by atoms with Crippen molar-refractivity contribution in [3.63, 3.8) is 0 Å². The first-order valence-corrected chi connectivity index (χ1v) is 8.44. The van der Waals surface area contributed by atoms with Crippen LogP contribution in [0.4, 0.5) is 5.95 Å². The van der Waals surface area contributed by atoms with Gasteiger partial charge in [0.1, 0.15) is 0 Å². The molecule has 0 radical (unpaired) electrons. The number of rotatable bonds is 4. The number of imidazole rings is 1. The largest absolute Gasteiger partial charge is 0.332 e. The summed E-state index contributed by atoms with van der Waals surface area (Å²) in [6.45, 7) is 2.41. The lowest BCUT2D eigenvalue weighted by Crippen LogP contribution is -2.37. The van der Waals surface area contributed by atoms with Gasteiger partial charge >= 0.3 is 5.69 Å². The van der Waals surface area contributed by atoms with Crippen molar-refractivity contribution in [3.05, 3.63) is 55.1 Å². The Hall–Kier alpha value is -2.68. The standard InChI is InChI=1S/C16H17BrN6O2/c1-4-23-12-13(21(2)16(25)22(3)14(12)24)19-15(23)20-18-9-10-5-7-11(17)8-6-10/h5-9H,4H2,1-3H3,(H,19,20). The van der Waals surface area contributed by atoms with Crippen LogP contribution in [0.15, 0.2) is 43.4 Å². The van der Waals surface area contributed by atoms with Crippen LogP contribution in [-0.2, 0) is 20.6 Å². The summed E-state index contributed by atoms with van der Waals surface area (Å²) in [5, 5.41) is 4.18. The highest BCUT2D eigenvalue weighted by molar-refractivity contribution is 9.10. The lowest BCUT2D eigenvalue weighted by atomic mass is 10.2. The number of nitrogens with zero attached hydrogens (tertiary/aromatic N) is 5. The predicted octanol–water partition coefficient (Wildman–Crippen LogP) is 1.66. The summed E-state index contributed by atoms with van der Waals surface area (Å²) in [5.41, 5.74) is 3.68. The second-order valence-electron chi connectivity index (χ2n) is 5.48. The van der Waals surface area contributed by atoms with Crippen molar-refractivity contribution < 1.29 is 0 Å². The maximum absolute atomic E-state index is 12.4. The fraction of sp³-hybridized carbons (Fsp3) is 0.250. The average molecular weight is 405 g/mol. The zero-order valence-electron chi connectivity index (χ0n) is 14.0. The fourth-order valence-electron chi connectivity index (χ4n) is 2.55. The van der Waals surface area contributed by atoms with Crippen LogP contribution < -0.4 is 16.7 Å². The summed E-state index contributed by atoms with van der Waals surface area (Å²) in [6, 6.07) is 7.67. The number of fused-ring (bicyclic) bond motifs is 1. The second kappa shape index (κ2) is 6.67. The van der Waals surface area contributed by atoms with Gasteiger partial charge in [0, 0.05) is 25.1 Å². The molecule has 0 amide bonds. The van der Waals surface area contributed by atoms with Crippen LogP contribution in [0.3, 0.4) is 0 Å². The van der Waals surface area contributed by atoms with E-state index in [2.05, 4.69) is 31.4 Å². The van der Waals surface area contributed by atoms with Crippen LogP contribution >= 0.6 is 15.9 Å². The van der Waals surface area contributed by atoms with Gasteiger partial charge in [0.25, 0.3) is 5.56 Å². The first kappa shape index (κ1) is 17.2. The Labute approximate surface area is 151 Å². The Morgan fingerprint density at radius 2 is 1.88 bits per heavy atom. The van der Waals surface area contributed by atoms with Gasteiger partial charge in [-0.2, -0.15) is 10.1 Å². The zero-order chi connectivity index (χ0) is 18.1. The van der Waals surface area contributed by atoms with E-state index in [1.165, 1.54) is 11.6 Å². The number of hydrogen-bond acceptors (Lipinski definition) is 5. The van der Waals surface area contributed by atoms with Crippen LogP contribution in [0.5, 0.6) is 0 Å². The first-order valence-electron chi connectivity index (χ1n) is 7.65. The van der Waals surface area contributed by atoms with Gasteiger partial charge in [0.2, 0.25) is 5.95 Å². The van der Waals surface area contributed by atoms with Gasteiger partial charge in [-0.1, -0.05) is 28.1 Å². The predicted molar refractivity (Wildman–Crippen MR) is 101 cm³/mol. The Morgan fingerprint density at radius 3 is 2.52 bits per heavy atom. The van der Waals surface area contributed by atoms with Crippen LogP contribution in [0.25, 0.3) is 11.2 Å². The van der Waals surface area contributed by atoms with E-state index < -0.39 is 5.69 Å². The number of benzene rings is 1. The smallest absolute Gasteiger partial charge is 0.303 e. The molecule has 130 valence electrons. The summed E-state index contributed by atoms with van der Waals surface area (Å²) in [5.74, 6) is 0.407. The Balaban J connectivity index is 2.03. The minimum Gasteiger partial charge on any atom is -0.303 e. The highest BCUT2D eigenvalue weighted by Crippen LogP contribution is 2.15. The van der Waals surface area contributed by atoms with E-state index in [0.717, 1.165) is 14.6 Å². The van der Waals surface area contributed by atoms with Crippen molar-refractivity contribution in [3.8, 4) is 0 Å². The summed E-state index contributed by atoms with van der Waals surface area (Å²) in [7, 11) is 3.04. The maximum atomic E-state index is 12.4. The first-order chi connectivity index (χ1) is 11.9. The molecule has 0 fully saturated rings. The molecule has 2 heterocycles. The lowest BCUT2D eigenvalue weighted by molar-refractivity contribution is 0.700. The lowest BCUT2D eigenvalue weighted by Gasteiger charge is -2.05. The van der Waals surface area contributed by atoms with E-state index in [9.17, 15) is 9.59 Å². The van der Waals surface area contributed by atoms with Crippen molar-refractivity contribution >= 4 is 39.3 Å². The van der Waals surface area contributed by atoms with E-state index in [-0.39, 0.29) is 5.56 Å². The third kappa shape index (κ3) is 3.02. The molecule has 3 rings (SSSR count). The Bertz CT molecular complexity index is 1080. The molecule has 9 heteroatoms. The minimum absolute atomic E-state index is 0.330. The molecule has 3 aromatic rings. The topological polar surface area (TPSA) is 86.2 Å². The highest BCUT2D eigenvalue weighted by Gasteiger charge is 2.17. The molecule has 0 unspecified atom stereocenters. The fourth-order valence-corrected chi connectivity index (χ4v) is 2.82. The van der Waals surface area contributed by atoms with Gasteiger partial charge in [-0.3, -0.25) is 13.9 Å². The van der Waals surface area contributed by atoms with Gasteiger partial charge < -0.3 is 4.57 Å². The number of anilines is 1. The molecule has 8 nitrogen and oxygen atoms in total. The molecular formula is C16H17BrN6O2. The maximum Gasteiger partial charge on any atom is 0.332 e. The summed E-state index contributed by atoms with van der Waals surface area (Å²) in [4.78, 5) is 28.9. The number of halogens is 1. The molecule has 0 aliphatic rings. The number of hydrogen-bond donors (Lipinski definition) is 1. The van der Waals surface area contributed by atoms with Crippen molar-refractivity contribution in [1.82, 2.24) is 18.7 Å². The molecule has 0 saturated carbocycles. The van der Waals surface area contributed by atoms with E-state index >= 15 is 0 Å². The monoisotopic (exact) mass is 404 g/mol. The summed E-state index contributed by atoms with van der Waals surface area (Å²) >= 11 is 3.38. The van der Waals surface area contributed by atoms with E-state index in [4.69, 9.17) is 0 Å². The van der Waals surface area contributed by atoms with Crippen molar-refractivity contribution in [2.24, 2.45) is 19.2 Å². The molecule has 25 heavy (non-hydrogen) atoms. The number of hydrazone groups is 1. The van der Waals surface area contributed by atoms with Crippen LogP contribution in [0.1, 0.15) is 12.5 Å². The Kier molecular flexibility index (Phi) is 4.58. The number of nitrogens with one attached hydrogen (secondary N) is 1. The average Bonchev–Trinajstić information content (AvgIpc) is 2.98. The zero-order valence-corrected chi connectivity index (χ0v) is 15.6. The SMILES string of the molecule is CCn1c(NN=Cc2ccc(Br)cc2)nc2c1c(=O)n(C)c(=O)n2C. The molecular weight excluding hydrogens is 388 g/mol. The molecule has 0 aliphatic heterocycles. The van der Waals surface area contributed by atoms with E-state index in [1.807, 2.05) is 31.2 Å². The molecule has 0 bridgehead atoms. The van der Waals surface area contributed by atoms with Gasteiger partial charge in [-0.05, 0) is 24.6 Å². The number of aryl methyl sites for hydroxylation is 2. The quantitative estimate of drug-likeness (QED) is 0.529. The Morgan fingerprint density at radius 1 is 1.20 bits per heavy atom. The molecule has 1 N–H and O–H groups in total. The third-order valence-corrected chi connectivity index (χ3v) is 4.44. The molecule has 0 atom stereocenters. The summed E-state index contributed by atoms with van der Waals surface area (Å²) in [6.07, 6.45) is 1.66. The molecule has 1 aromatic carbocycles. The van der Waals surface area contributed by atoms with Crippen LogP contribution in [0, 0.1) is 0 Å². The normalized spacial score (nSPS) is 11.5.